The summed E-state index contributed by atoms with van der Waals surface area (Å²) in [5, 5.41) is 7.83. The van der Waals surface area contributed by atoms with Crippen molar-refractivity contribution in [2.75, 3.05) is 0 Å². The van der Waals surface area contributed by atoms with Crippen LogP contribution in [0.2, 0.25) is 0 Å². The third-order valence-corrected chi connectivity index (χ3v) is 2.88. The zero-order valence-electron chi connectivity index (χ0n) is 11.0. The Morgan fingerprint density at radius 3 is 2.70 bits per heavy atom. The van der Waals surface area contributed by atoms with Crippen LogP contribution in [0.4, 0.5) is 0 Å². The number of nitrogens with zero attached hydrogens (tertiary/aromatic N) is 3. The van der Waals surface area contributed by atoms with Crippen molar-refractivity contribution in [1.29, 1.82) is 0 Å². The lowest BCUT2D eigenvalue weighted by Crippen LogP contribution is -2.00. The Morgan fingerprint density at radius 2 is 1.90 bits per heavy atom. The molecule has 0 atom stereocenters. The van der Waals surface area contributed by atoms with Crippen LogP contribution in [-0.2, 0) is 6.61 Å². The fraction of sp³-hybridized carbons (Fsp3) is 0.133. The molecule has 2 aromatic heterocycles. The summed E-state index contributed by atoms with van der Waals surface area (Å²) in [6.45, 7) is 2.29. The quantitative estimate of drug-likeness (QED) is 0.727. The number of aromatic nitrogens is 3. The molecule has 0 bridgehead atoms. The summed E-state index contributed by atoms with van der Waals surface area (Å²) in [6, 6.07) is 13.4. The third-order valence-electron chi connectivity index (χ3n) is 2.88. The molecule has 3 rings (SSSR count). The highest BCUT2D eigenvalue weighted by Crippen LogP contribution is 2.20. The van der Waals surface area contributed by atoms with Gasteiger partial charge in [-0.15, -0.1) is 5.10 Å². The zero-order valence-corrected chi connectivity index (χ0v) is 11.0. The van der Waals surface area contributed by atoms with Gasteiger partial charge in [0.25, 0.3) is 5.89 Å². The molecule has 20 heavy (non-hydrogen) atoms. The molecule has 0 unspecified atom stereocenters. The van der Waals surface area contributed by atoms with E-state index in [9.17, 15) is 0 Å². The molecule has 0 N–H and O–H groups in total. The predicted octanol–water partition coefficient (Wildman–Crippen LogP) is 3.02. The number of pyridine rings is 1. The standard InChI is InChI=1S/C15H13N3O2/c1-11-6-5-9-16-13(11)10-19-15-18-17-14(20-15)12-7-3-2-4-8-12/h2-9H,10H2,1H3. The van der Waals surface area contributed by atoms with Gasteiger partial charge >= 0.3 is 6.08 Å². The van der Waals surface area contributed by atoms with E-state index in [-0.39, 0.29) is 6.08 Å². The molecule has 0 aliphatic carbocycles. The largest absolute Gasteiger partial charge is 0.443 e. The first-order valence-electron chi connectivity index (χ1n) is 6.25. The van der Waals surface area contributed by atoms with Gasteiger partial charge in [-0.3, -0.25) is 4.98 Å². The van der Waals surface area contributed by atoms with Gasteiger partial charge in [-0.05, 0) is 30.7 Å². The van der Waals surface area contributed by atoms with Crippen molar-refractivity contribution in [3.8, 4) is 17.5 Å². The van der Waals surface area contributed by atoms with Gasteiger partial charge in [0.15, 0.2) is 0 Å². The van der Waals surface area contributed by atoms with E-state index in [1.165, 1.54) is 0 Å². The Bertz CT molecular complexity index is 695. The number of hydrogen-bond acceptors (Lipinski definition) is 5. The first-order chi connectivity index (χ1) is 9.83. The van der Waals surface area contributed by atoms with Gasteiger partial charge in [0.2, 0.25) is 0 Å². The lowest BCUT2D eigenvalue weighted by atomic mass is 10.2. The molecule has 0 spiro atoms. The lowest BCUT2D eigenvalue weighted by Gasteiger charge is -2.03. The smallest absolute Gasteiger partial charge is 0.415 e. The summed E-state index contributed by atoms with van der Waals surface area (Å²) >= 11 is 0. The van der Waals surface area contributed by atoms with E-state index in [4.69, 9.17) is 9.15 Å². The van der Waals surface area contributed by atoms with E-state index in [1.54, 1.807) is 6.20 Å². The maximum atomic E-state index is 5.47. The second-order valence-corrected chi connectivity index (χ2v) is 4.29. The SMILES string of the molecule is Cc1cccnc1COc1nnc(-c2ccccc2)o1. The predicted molar refractivity (Wildman–Crippen MR) is 73.0 cm³/mol. The van der Waals surface area contributed by atoms with Gasteiger partial charge < -0.3 is 9.15 Å². The number of hydrogen-bond donors (Lipinski definition) is 0. The van der Waals surface area contributed by atoms with Gasteiger partial charge in [-0.1, -0.05) is 29.4 Å². The average Bonchev–Trinajstić information content (AvgIpc) is 2.96. The van der Waals surface area contributed by atoms with Gasteiger partial charge in [0, 0.05) is 11.8 Å². The minimum absolute atomic E-state index is 0.147. The molecule has 0 radical (unpaired) electrons. The Morgan fingerprint density at radius 1 is 1.05 bits per heavy atom. The monoisotopic (exact) mass is 267 g/mol. The second-order valence-electron chi connectivity index (χ2n) is 4.29. The minimum atomic E-state index is 0.147. The molecule has 0 fully saturated rings. The Labute approximate surface area is 116 Å². The minimum Gasteiger partial charge on any atom is -0.443 e. The maximum Gasteiger partial charge on any atom is 0.415 e. The summed E-state index contributed by atoms with van der Waals surface area (Å²) in [5.41, 5.74) is 2.78. The molecule has 0 aliphatic heterocycles. The molecule has 5 heteroatoms. The van der Waals surface area contributed by atoms with Crippen LogP contribution in [-0.4, -0.2) is 15.2 Å². The molecule has 3 aromatic rings. The van der Waals surface area contributed by atoms with Crippen LogP contribution in [0.3, 0.4) is 0 Å². The van der Waals surface area contributed by atoms with Crippen LogP contribution in [0.25, 0.3) is 11.5 Å². The van der Waals surface area contributed by atoms with Crippen LogP contribution < -0.4 is 4.74 Å². The number of ether oxygens (including phenoxy) is 1. The summed E-state index contributed by atoms with van der Waals surface area (Å²) in [5.74, 6) is 0.443. The van der Waals surface area contributed by atoms with Crippen LogP contribution in [0.5, 0.6) is 6.08 Å². The first-order valence-corrected chi connectivity index (χ1v) is 6.25. The summed E-state index contributed by atoms with van der Waals surface area (Å²) < 4.78 is 10.9. The fourth-order valence-electron chi connectivity index (χ4n) is 1.77. The van der Waals surface area contributed by atoms with Crippen molar-refractivity contribution < 1.29 is 9.15 Å². The van der Waals surface area contributed by atoms with Crippen molar-refractivity contribution in [2.24, 2.45) is 0 Å². The highest BCUT2D eigenvalue weighted by atomic mass is 16.6. The van der Waals surface area contributed by atoms with Crippen LogP contribution in [0.1, 0.15) is 11.3 Å². The van der Waals surface area contributed by atoms with Crippen molar-refractivity contribution in [3.63, 3.8) is 0 Å². The zero-order chi connectivity index (χ0) is 13.8. The van der Waals surface area contributed by atoms with E-state index in [1.807, 2.05) is 49.4 Å². The normalized spacial score (nSPS) is 10.4. The van der Waals surface area contributed by atoms with Crippen molar-refractivity contribution in [3.05, 3.63) is 59.9 Å². The van der Waals surface area contributed by atoms with E-state index in [0.717, 1.165) is 16.8 Å². The van der Waals surface area contributed by atoms with Crippen molar-refractivity contribution in [2.45, 2.75) is 13.5 Å². The molecule has 2 heterocycles. The van der Waals surface area contributed by atoms with Crippen molar-refractivity contribution in [1.82, 2.24) is 15.2 Å². The van der Waals surface area contributed by atoms with E-state index >= 15 is 0 Å². The molecule has 0 aliphatic rings. The van der Waals surface area contributed by atoms with Gasteiger partial charge in [-0.25, -0.2) is 0 Å². The third kappa shape index (κ3) is 2.66. The summed E-state index contributed by atoms with van der Waals surface area (Å²) in [4.78, 5) is 4.24. The molecular formula is C15H13N3O2. The Kier molecular flexibility index (Phi) is 3.41. The molecule has 100 valence electrons. The fourth-order valence-corrected chi connectivity index (χ4v) is 1.77. The van der Waals surface area contributed by atoms with E-state index in [2.05, 4.69) is 15.2 Å². The second kappa shape index (κ2) is 5.52. The van der Waals surface area contributed by atoms with Gasteiger partial charge in [0.1, 0.15) is 6.61 Å². The molecule has 1 aromatic carbocycles. The summed E-state index contributed by atoms with van der Waals surface area (Å²) in [7, 11) is 0. The maximum absolute atomic E-state index is 5.47. The first kappa shape index (κ1) is 12.3. The average molecular weight is 267 g/mol. The number of rotatable bonds is 4. The van der Waals surface area contributed by atoms with E-state index in [0.29, 0.717) is 12.5 Å². The van der Waals surface area contributed by atoms with Gasteiger partial charge in [0.05, 0.1) is 5.69 Å². The lowest BCUT2D eigenvalue weighted by molar-refractivity contribution is 0.218. The van der Waals surface area contributed by atoms with E-state index < -0.39 is 0 Å². The van der Waals surface area contributed by atoms with Crippen molar-refractivity contribution >= 4 is 0 Å². The highest BCUT2D eigenvalue weighted by Gasteiger charge is 2.09. The number of benzene rings is 1. The van der Waals surface area contributed by atoms with Gasteiger partial charge in [-0.2, -0.15) is 0 Å². The molecule has 0 saturated heterocycles. The summed E-state index contributed by atoms with van der Waals surface area (Å²) in [6.07, 6.45) is 1.88. The Balaban J connectivity index is 1.71. The molecule has 0 saturated carbocycles. The molecular weight excluding hydrogens is 254 g/mol. The van der Waals surface area contributed by atoms with Crippen LogP contribution >= 0.6 is 0 Å². The Hall–Kier alpha value is -2.69. The highest BCUT2D eigenvalue weighted by molar-refractivity contribution is 5.51. The van der Waals surface area contributed by atoms with Crippen LogP contribution in [0.15, 0.2) is 53.1 Å². The molecule has 5 nitrogen and oxygen atoms in total. The van der Waals surface area contributed by atoms with Crippen LogP contribution in [0, 0.1) is 6.92 Å². The topological polar surface area (TPSA) is 61.0 Å². The number of aryl methyl sites for hydroxylation is 1. The molecule has 0 amide bonds.